The maximum atomic E-state index is 12.4. The lowest BCUT2D eigenvalue weighted by Crippen LogP contribution is -2.53. The number of amides is 2. The number of hydrogen-bond acceptors (Lipinski definition) is 3. The van der Waals surface area contributed by atoms with E-state index in [9.17, 15) is 9.90 Å². The molecule has 4 aliphatic carbocycles. The van der Waals surface area contributed by atoms with Gasteiger partial charge in [-0.05, 0) is 68.6 Å². The van der Waals surface area contributed by atoms with Crippen LogP contribution in [-0.2, 0) is 0 Å². The molecule has 5 heteroatoms. The first-order valence-electron chi connectivity index (χ1n) is 10.7. The average molecular weight is 348 g/mol. The Morgan fingerprint density at radius 3 is 2.24 bits per heavy atom. The molecule has 0 spiro atoms. The smallest absolute Gasteiger partial charge is 0.315 e. The van der Waals surface area contributed by atoms with E-state index in [1.54, 1.807) is 0 Å². The van der Waals surface area contributed by atoms with Gasteiger partial charge >= 0.3 is 6.03 Å². The van der Waals surface area contributed by atoms with Gasteiger partial charge in [-0.2, -0.15) is 0 Å². The molecule has 6 atom stereocenters. The Labute approximate surface area is 150 Å². The number of carbonyl (C=O) groups is 1. The fourth-order valence-corrected chi connectivity index (χ4v) is 6.79. The van der Waals surface area contributed by atoms with E-state index in [-0.39, 0.29) is 12.1 Å². The van der Waals surface area contributed by atoms with Crippen molar-refractivity contribution in [2.75, 3.05) is 13.1 Å². The van der Waals surface area contributed by atoms with Crippen LogP contribution in [0.4, 0.5) is 4.79 Å². The first-order valence-corrected chi connectivity index (χ1v) is 10.7. The number of aliphatic hydroxyl groups excluding tert-OH is 1. The number of rotatable bonds is 3. The highest BCUT2D eigenvalue weighted by Crippen LogP contribution is 2.65. The Morgan fingerprint density at radius 1 is 0.880 bits per heavy atom. The molecule has 0 aromatic carbocycles. The summed E-state index contributed by atoms with van der Waals surface area (Å²) in [5.74, 6) is 3.43. The fourth-order valence-electron chi connectivity index (χ4n) is 6.79. The third-order valence-electron chi connectivity index (χ3n) is 8.06. The molecule has 0 aromatic heterocycles. The number of fused-ring (bicyclic) bond motifs is 5. The second-order valence-electron chi connectivity index (χ2n) is 9.36. The third kappa shape index (κ3) is 2.97. The second-order valence-corrected chi connectivity index (χ2v) is 9.36. The van der Waals surface area contributed by atoms with Crippen molar-refractivity contribution in [2.45, 2.75) is 82.0 Å². The zero-order valence-electron chi connectivity index (χ0n) is 15.2. The van der Waals surface area contributed by atoms with Crippen molar-refractivity contribution in [2.24, 2.45) is 23.7 Å². The van der Waals surface area contributed by atoms with Crippen molar-refractivity contribution in [3.05, 3.63) is 0 Å². The normalized spacial score (nSPS) is 46.7. The van der Waals surface area contributed by atoms with Gasteiger partial charge in [-0.3, -0.25) is 4.90 Å². The molecule has 5 fully saturated rings. The highest BCUT2D eigenvalue weighted by molar-refractivity contribution is 5.75. The van der Waals surface area contributed by atoms with Crippen LogP contribution in [0.2, 0.25) is 0 Å². The molecule has 3 N–H and O–H groups in total. The summed E-state index contributed by atoms with van der Waals surface area (Å²) in [5.41, 5.74) is 0. The van der Waals surface area contributed by atoms with Gasteiger partial charge in [0.15, 0.2) is 0 Å². The standard InChI is InChI=1S/C20H33N3O2/c24-16-4-2-1-3-15(16)23-9-7-14(8-10-23)21-20(25)22-19-17-12-5-6-13(11-12)18(17)19/h12-19,24H,1-11H2,(H2,21,22,25). The van der Waals surface area contributed by atoms with E-state index in [1.165, 1.54) is 32.1 Å². The molecule has 140 valence electrons. The van der Waals surface area contributed by atoms with E-state index in [4.69, 9.17) is 0 Å². The van der Waals surface area contributed by atoms with Gasteiger partial charge in [0, 0.05) is 31.2 Å². The van der Waals surface area contributed by atoms with Crippen molar-refractivity contribution in [1.29, 1.82) is 0 Å². The molecule has 4 saturated carbocycles. The van der Waals surface area contributed by atoms with Crippen LogP contribution in [0, 0.1) is 23.7 Å². The molecule has 1 saturated heterocycles. The van der Waals surface area contributed by atoms with Crippen molar-refractivity contribution in [3.8, 4) is 0 Å². The van der Waals surface area contributed by atoms with Gasteiger partial charge in [0.25, 0.3) is 0 Å². The van der Waals surface area contributed by atoms with Crippen molar-refractivity contribution < 1.29 is 9.90 Å². The quantitative estimate of drug-likeness (QED) is 0.732. The molecular formula is C20H33N3O2. The van der Waals surface area contributed by atoms with Crippen molar-refractivity contribution in [3.63, 3.8) is 0 Å². The van der Waals surface area contributed by atoms with Crippen LogP contribution in [-0.4, -0.2) is 53.4 Å². The van der Waals surface area contributed by atoms with E-state index >= 15 is 0 Å². The molecule has 6 unspecified atom stereocenters. The minimum absolute atomic E-state index is 0.0648. The lowest BCUT2D eigenvalue weighted by molar-refractivity contribution is 0.00776. The predicted molar refractivity (Wildman–Crippen MR) is 96.1 cm³/mol. The first-order chi connectivity index (χ1) is 12.2. The molecule has 0 aromatic rings. The second kappa shape index (κ2) is 6.41. The summed E-state index contributed by atoms with van der Waals surface area (Å²) in [4.78, 5) is 14.8. The van der Waals surface area contributed by atoms with E-state index in [0.29, 0.717) is 18.1 Å². The largest absolute Gasteiger partial charge is 0.391 e. The van der Waals surface area contributed by atoms with E-state index in [0.717, 1.165) is 62.4 Å². The highest BCUT2D eigenvalue weighted by atomic mass is 16.3. The van der Waals surface area contributed by atoms with Crippen molar-refractivity contribution >= 4 is 6.03 Å². The molecule has 0 radical (unpaired) electrons. The molecule has 1 aliphatic heterocycles. The fraction of sp³-hybridized carbons (Fsp3) is 0.950. The minimum Gasteiger partial charge on any atom is -0.391 e. The van der Waals surface area contributed by atoms with E-state index in [1.807, 2.05) is 0 Å². The van der Waals surface area contributed by atoms with Gasteiger partial charge in [0.1, 0.15) is 0 Å². The summed E-state index contributed by atoms with van der Waals surface area (Å²) in [7, 11) is 0. The van der Waals surface area contributed by atoms with Crippen LogP contribution in [0.3, 0.4) is 0 Å². The van der Waals surface area contributed by atoms with Crippen LogP contribution in [0.25, 0.3) is 0 Å². The van der Waals surface area contributed by atoms with Gasteiger partial charge in [-0.25, -0.2) is 4.79 Å². The molecule has 5 aliphatic rings. The van der Waals surface area contributed by atoms with Crippen LogP contribution in [0.5, 0.6) is 0 Å². The Bertz CT molecular complexity index is 503. The number of nitrogens with one attached hydrogen (secondary N) is 2. The Balaban J connectivity index is 1.06. The van der Waals surface area contributed by atoms with E-state index < -0.39 is 0 Å². The number of carbonyl (C=O) groups excluding carboxylic acids is 1. The third-order valence-corrected chi connectivity index (χ3v) is 8.06. The molecule has 5 nitrogen and oxygen atoms in total. The van der Waals surface area contributed by atoms with Crippen LogP contribution in [0.15, 0.2) is 0 Å². The van der Waals surface area contributed by atoms with Crippen molar-refractivity contribution in [1.82, 2.24) is 15.5 Å². The summed E-state index contributed by atoms with van der Waals surface area (Å²) < 4.78 is 0. The van der Waals surface area contributed by atoms with Gasteiger partial charge in [0.2, 0.25) is 0 Å². The Hall–Kier alpha value is -0.810. The van der Waals surface area contributed by atoms with Crippen LogP contribution < -0.4 is 10.6 Å². The maximum Gasteiger partial charge on any atom is 0.315 e. The number of aliphatic hydroxyl groups is 1. The molecule has 25 heavy (non-hydrogen) atoms. The first kappa shape index (κ1) is 16.4. The van der Waals surface area contributed by atoms with Gasteiger partial charge in [0.05, 0.1) is 6.10 Å². The number of hydrogen-bond donors (Lipinski definition) is 3. The summed E-state index contributed by atoms with van der Waals surface area (Å²) in [6.45, 7) is 2.01. The van der Waals surface area contributed by atoms with Gasteiger partial charge in [-0.15, -0.1) is 0 Å². The Kier molecular flexibility index (Phi) is 4.20. The summed E-state index contributed by atoms with van der Waals surface area (Å²) in [6.07, 6.45) is 10.6. The molecule has 5 rings (SSSR count). The van der Waals surface area contributed by atoms with Crippen LogP contribution in [0.1, 0.15) is 57.8 Å². The topological polar surface area (TPSA) is 64.6 Å². The average Bonchev–Trinajstić information content (AvgIpc) is 3.00. The molecule has 1 heterocycles. The Morgan fingerprint density at radius 2 is 1.56 bits per heavy atom. The number of likely N-dealkylation sites (tertiary alicyclic amines) is 1. The molecule has 2 bridgehead atoms. The number of urea groups is 1. The summed E-state index contributed by atoms with van der Waals surface area (Å²) in [6, 6.07) is 1.19. The SMILES string of the molecule is O=C(NC1CCN(C2CCCCC2O)CC1)NC1C2C3CCC(C3)C12. The van der Waals surface area contributed by atoms with E-state index in [2.05, 4.69) is 15.5 Å². The summed E-state index contributed by atoms with van der Waals surface area (Å²) in [5, 5.41) is 16.8. The molecule has 2 amide bonds. The number of piperidine rings is 1. The van der Waals surface area contributed by atoms with Gasteiger partial charge < -0.3 is 15.7 Å². The highest BCUT2D eigenvalue weighted by Gasteiger charge is 2.65. The van der Waals surface area contributed by atoms with Gasteiger partial charge in [-0.1, -0.05) is 12.8 Å². The van der Waals surface area contributed by atoms with Crippen LogP contribution >= 0.6 is 0 Å². The zero-order valence-corrected chi connectivity index (χ0v) is 15.2. The monoisotopic (exact) mass is 347 g/mol. The lowest BCUT2D eigenvalue weighted by Gasteiger charge is -2.41. The predicted octanol–water partition coefficient (Wildman–Crippen LogP) is 2.10. The zero-order chi connectivity index (χ0) is 17.0. The maximum absolute atomic E-state index is 12.4. The lowest BCUT2D eigenvalue weighted by atomic mass is 9.89. The molecular weight excluding hydrogens is 314 g/mol. The summed E-state index contributed by atoms with van der Waals surface area (Å²) >= 11 is 0. The minimum atomic E-state index is -0.147. The number of nitrogens with zero attached hydrogens (tertiary/aromatic N) is 1.